The summed E-state index contributed by atoms with van der Waals surface area (Å²) in [6, 6.07) is -1.14. The molecule has 1 amide bonds. The summed E-state index contributed by atoms with van der Waals surface area (Å²) in [6.07, 6.45) is -3.07. The van der Waals surface area contributed by atoms with Gasteiger partial charge in [0.25, 0.3) is 0 Å². The van der Waals surface area contributed by atoms with Crippen molar-refractivity contribution in [2.45, 2.75) is 12.2 Å². The Balaban J connectivity index is 2.65. The lowest BCUT2D eigenvalue weighted by Crippen LogP contribution is -2.38. The Kier molecular flexibility index (Phi) is 3.64. The highest BCUT2D eigenvalue weighted by Gasteiger charge is 2.30. The summed E-state index contributed by atoms with van der Waals surface area (Å²) in [5, 5.41) is 2.03. The van der Waals surface area contributed by atoms with Gasteiger partial charge >= 0.3 is 6.18 Å². The van der Waals surface area contributed by atoms with Crippen LogP contribution >= 0.6 is 11.3 Å². The summed E-state index contributed by atoms with van der Waals surface area (Å²) < 4.78 is 35.7. The van der Waals surface area contributed by atoms with Gasteiger partial charge < -0.3 is 5.73 Å². The number of hydrogen-bond donors (Lipinski definition) is 2. The number of nitrogens with two attached hydrogens (primary N) is 1. The van der Waals surface area contributed by atoms with Crippen LogP contribution in [0.3, 0.4) is 0 Å². The molecule has 1 unspecified atom stereocenters. The van der Waals surface area contributed by atoms with Gasteiger partial charge in [-0.3, -0.25) is 15.1 Å². The van der Waals surface area contributed by atoms with E-state index in [4.69, 9.17) is 5.73 Å². The number of carbonyl (C=O) groups excluding carboxylic acids is 1. The summed E-state index contributed by atoms with van der Waals surface area (Å²) in [4.78, 5) is 14.9. The van der Waals surface area contributed by atoms with Crippen molar-refractivity contribution < 1.29 is 18.0 Å². The molecule has 1 rings (SSSR count). The zero-order chi connectivity index (χ0) is 11.5. The van der Waals surface area contributed by atoms with E-state index in [1.54, 1.807) is 0 Å². The van der Waals surface area contributed by atoms with Gasteiger partial charge in [-0.05, 0) is 0 Å². The maximum atomic E-state index is 11.9. The summed E-state index contributed by atoms with van der Waals surface area (Å²) in [7, 11) is 0. The van der Waals surface area contributed by atoms with Crippen LogP contribution in [0.15, 0.2) is 11.7 Å². The second kappa shape index (κ2) is 4.58. The number of rotatable bonds is 4. The molecule has 84 valence electrons. The van der Waals surface area contributed by atoms with Gasteiger partial charge in [-0.1, -0.05) is 0 Å². The molecule has 3 N–H and O–H groups in total. The molecule has 0 aliphatic rings. The zero-order valence-corrected chi connectivity index (χ0v) is 8.23. The third-order valence-corrected chi connectivity index (χ3v) is 2.37. The molecule has 1 aromatic rings. The topological polar surface area (TPSA) is 68.0 Å². The molecule has 0 aromatic carbocycles. The predicted molar refractivity (Wildman–Crippen MR) is 48.1 cm³/mol. The summed E-state index contributed by atoms with van der Waals surface area (Å²) >= 11 is 1.07. The summed E-state index contributed by atoms with van der Waals surface area (Å²) in [6.45, 7) is -1.27. The van der Waals surface area contributed by atoms with Crippen molar-refractivity contribution in [3.63, 3.8) is 0 Å². The molecule has 0 radical (unpaired) electrons. The van der Waals surface area contributed by atoms with Crippen molar-refractivity contribution in [1.29, 1.82) is 0 Å². The van der Waals surface area contributed by atoms with Gasteiger partial charge in [-0.15, -0.1) is 11.3 Å². The molecular formula is C7H8F3N3OS. The number of amides is 1. The quantitative estimate of drug-likeness (QED) is 0.817. The molecule has 0 aliphatic carbocycles. The molecule has 8 heteroatoms. The molecule has 0 aliphatic heterocycles. The first-order valence-electron chi connectivity index (χ1n) is 3.88. The van der Waals surface area contributed by atoms with E-state index in [0.717, 1.165) is 11.3 Å². The van der Waals surface area contributed by atoms with E-state index in [9.17, 15) is 18.0 Å². The Bertz CT molecular complexity index is 325. The van der Waals surface area contributed by atoms with E-state index in [1.165, 1.54) is 11.7 Å². The van der Waals surface area contributed by atoms with E-state index in [2.05, 4.69) is 4.98 Å². The molecule has 1 aromatic heterocycles. The van der Waals surface area contributed by atoms with E-state index in [-0.39, 0.29) is 0 Å². The standard InChI is InChI=1S/C7H8F3N3OS/c8-7(9,10)2-13-5(6(11)14)4-1-12-3-15-4/h1,3,5,13H,2H2,(H2,11,14). The molecule has 0 fully saturated rings. The number of alkyl halides is 3. The minimum atomic E-state index is -4.38. The number of carbonyl (C=O) groups is 1. The van der Waals surface area contributed by atoms with Crippen molar-refractivity contribution in [3.05, 3.63) is 16.6 Å². The van der Waals surface area contributed by atoms with Crippen LogP contribution in [0.5, 0.6) is 0 Å². The first kappa shape index (κ1) is 11.9. The van der Waals surface area contributed by atoms with E-state index >= 15 is 0 Å². The van der Waals surface area contributed by atoms with Crippen LogP contribution in [0.4, 0.5) is 13.2 Å². The van der Waals surface area contributed by atoms with Crippen LogP contribution in [-0.2, 0) is 4.79 Å². The number of primary amides is 1. The van der Waals surface area contributed by atoms with Gasteiger partial charge in [-0.25, -0.2) is 0 Å². The van der Waals surface area contributed by atoms with Crippen molar-refractivity contribution >= 4 is 17.2 Å². The number of nitrogens with zero attached hydrogens (tertiary/aromatic N) is 1. The Labute approximate surface area is 87.3 Å². The zero-order valence-electron chi connectivity index (χ0n) is 7.41. The van der Waals surface area contributed by atoms with Crippen molar-refractivity contribution in [2.75, 3.05) is 6.54 Å². The lowest BCUT2D eigenvalue weighted by Gasteiger charge is -2.14. The average Bonchev–Trinajstić information content (AvgIpc) is 2.54. The second-order valence-electron chi connectivity index (χ2n) is 2.74. The Morgan fingerprint density at radius 2 is 2.33 bits per heavy atom. The fraction of sp³-hybridized carbons (Fsp3) is 0.429. The molecule has 0 bridgehead atoms. The fourth-order valence-electron chi connectivity index (χ4n) is 0.927. The molecule has 15 heavy (non-hydrogen) atoms. The lowest BCUT2D eigenvalue weighted by atomic mass is 10.2. The Morgan fingerprint density at radius 3 is 2.73 bits per heavy atom. The van der Waals surface area contributed by atoms with E-state index in [0.29, 0.717) is 4.88 Å². The third kappa shape index (κ3) is 3.84. The van der Waals surface area contributed by atoms with Crippen LogP contribution in [0.2, 0.25) is 0 Å². The van der Waals surface area contributed by atoms with Crippen LogP contribution in [0.1, 0.15) is 10.9 Å². The fourth-order valence-corrected chi connectivity index (χ4v) is 1.63. The van der Waals surface area contributed by atoms with Gasteiger partial charge in [0.1, 0.15) is 6.04 Å². The Hall–Kier alpha value is -1.15. The highest BCUT2D eigenvalue weighted by molar-refractivity contribution is 7.09. The van der Waals surface area contributed by atoms with E-state index in [1.807, 2.05) is 5.32 Å². The number of aromatic nitrogens is 1. The number of nitrogens with one attached hydrogen (secondary N) is 1. The predicted octanol–water partition coefficient (Wildman–Crippen LogP) is 0.821. The average molecular weight is 239 g/mol. The second-order valence-corrected chi connectivity index (χ2v) is 3.65. The van der Waals surface area contributed by atoms with Gasteiger partial charge in [0, 0.05) is 6.20 Å². The summed E-state index contributed by atoms with van der Waals surface area (Å²) in [5.74, 6) is -0.858. The van der Waals surface area contributed by atoms with Gasteiger partial charge in [0.15, 0.2) is 0 Å². The molecule has 0 saturated heterocycles. The van der Waals surface area contributed by atoms with Gasteiger partial charge in [-0.2, -0.15) is 13.2 Å². The minimum Gasteiger partial charge on any atom is -0.368 e. The SMILES string of the molecule is NC(=O)C(NCC(F)(F)F)c1cncs1. The maximum absolute atomic E-state index is 11.9. The lowest BCUT2D eigenvalue weighted by molar-refractivity contribution is -0.130. The normalized spacial score (nSPS) is 13.8. The highest BCUT2D eigenvalue weighted by atomic mass is 32.1. The van der Waals surface area contributed by atoms with Gasteiger partial charge in [0.2, 0.25) is 5.91 Å². The van der Waals surface area contributed by atoms with Crippen LogP contribution in [0, 0.1) is 0 Å². The van der Waals surface area contributed by atoms with Crippen molar-refractivity contribution in [3.8, 4) is 0 Å². The first-order valence-corrected chi connectivity index (χ1v) is 4.76. The minimum absolute atomic E-state index is 0.367. The third-order valence-electron chi connectivity index (χ3n) is 1.53. The first-order chi connectivity index (χ1) is 6.90. The number of hydrogen-bond acceptors (Lipinski definition) is 4. The molecule has 0 saturated carbocycles. The smallest absolute Gasteiger partial charge is 0.368 e. The molecule has 1 heterocycles. The molecule has 4 nitrogen and oxygen atoms in total. The number of halogens is 3. The summed E-state index contributed by atoms with van der Waals surface area (Å²) in [5.41, 5.74) is 6.38. The molecule has 0 spiro atoms. The molecule has 1 atom stereocenters. The van der Waals surface area contributed by atoms with E-state index < -0.39 is 24.7 Å². The molecular weight excluding hydrogens is 231 g/mol. The monoisotopic (exact) mass is 239 g/mol. The maximum Gasteiger partial charge on any atom is 0.401 e. The highest BCUT2D eigenvalue weighted by Crippen LogP contribution is 2.19. The van der Waals surface area contributed by atoms with Crippen LogP contribution in [0.25, 0.3) is 0 Å². The van der Waals surface area contributed by atoms with Crippen LogP contribution in [-0.4, -0.2) is 23.6 Å². The van der Waals surface area contributed by atoms with Crippen LogP contribution < -0.4 is 11.1 Å². The van der Waals surface area contributed by atoms with Crippen molar-refractivity contribution in [1.82, 2.24) is 10.3 Å². The van der Waals surface area contributed by atoms with Gasteiger partial charge in [0.05, 0.1) is 16.9 Å². The number of thiazole rings is 1. The van der Waals surface area contributed by atoms with Crippen molar-refractivity contribution in [2.24, 2.45) is 5.73 Å². The largest absolute Gasteiger partial charge is 0.401 e. The Morgan fingerprint density at radius 1 is 1.67 bits per heavy atom.